The second kappa shape index (κ2) is 12.4. The van der Waals surface area contributed by atoms with Gasteiger partial charge in [0.2, 0.25) is 5.91 Å². The number of unbranched alkanes of at least 4 members (excludes halogenated alkanes) is 1. The lowest BCUT2D eigenvalue weighted by Gasteiger charge is -2.29. The number of nitrogens with one attached hydrogen (secondary N) is 1. The van der Waals surface area contributed by atoms with E-state index < -0.39 is 18.1 Å². The summed E-state index contributed by atoms with van der Waals surface area (Å²) in [5.74, 6) is -1.37. The molecule has 2 aromatic rings. The first-order valence-electron chi connectivity index (χ1n) is 12.5. The van der Waals surface area contributed by atoms with Crippen LogP contribution in [0.3, 0.4) is 0 Å². The normalized spacial score (nSPS) is 13.9. The molecule has 0 bridgehead atoms. The number of aliphatic carboxylic acids is 1. The molecule has 0 aliphatic heterocycles. The van der Waals surface area contributed by atoms with E-state index in [1.54, 1.807) is 0 Å². The van der Waals surface area contributed by atoms with Gasteiger partial charge < -0.3 is 20.1 Å². The predicted molar refractivity (Wildman–Crippen MR) is 135 cm³/mol. The molecule has 0 fully saturated rings. The van der Waals surface area contributed by atoms with Crippen molar-refractivity contribution in [3.63, 3.8) is 0 Å². The van der Waals surface area contributed by atoms with E-state index in [-0.39, 0.29) is 37.4 Å². The molecule has 2 amide bonds. The maximum Gasteiger partial charge on any atom is 0.407 e. The van der Waals surface area contributed by atoms with Crippen LogP contribution in [-0.2, 0) is 14.3 Å². The minimum Gasteiger partial charge on any atom is -0.480 e. The molecule has 7 nitrogen and oxygen atoms in total. The summed E-state index contributed by atoms with van der Waals surface area (Å²) >= 11 is 0. The van der Waals surface area contributed by atoms with Crippen molar-refractivity contribution in [1.29, 1.82) is 0 Å². The third kappa shape index (κ3) is 6.62. The monoisotopic (exact) mass is 480 g/mol. The van der Waals surface area contributed by atoms with E-state index in [4.69, 9.17) is 4.74 Å². The largest absolute Gasteiger partial charge is 0.480 e. The number of hydrogen-bond donors (Lipinski definition) is 2. The van der Waals surface area contributed by atoms with Gasteiger partial charge in [0.15, 0.2) is 0 Å². The summed E-state index contributed by atoms with van der Waals surface area (Å²) in [6, 6.07) is 15.7. The average molecular weight is 481 g/mol. The van der Waals surface area contributed by atoms with E-state index >= 15 is 0 Å². The lowest BCUT2D eigenvalue weighted by atomic mass is 9.98. The maximum absolute atomic E-state index is 12.9. The summed E-state index contributed by atoms with van der Waals surface area (Å²) < 4.78 is 5.66. The Bertz CT molecular complexity index is 992. The van der Waals surface area contributed by atoms with Crippen molar-refractivity contribution in [1.82, 2.24) is 10.2 Å². The summed E-state index contributed by atoms with van der Waals surface area (Å²) in [4.78, 5) is 38.4. The summed E-state index contributed by atoms with van der Waals surface area (Å²) in [7, 11) is 0. The number of fused-ring (bicyclic) bond motifs is 3. The highest BCUT2D eigenvalue weighted by molar-refractivity contribution is 5.82. The van der Waals surface area contributed by atoms with Crippen molar-refractivity contribution in [3.8, 4) is 11.1 Å². The van der Waals surface area contributed by atoms with E-state index in [9.17, 15) is 19.5 Å². The minimum atomic E-state index is -1.05. The average Bonchev–Trinajstić information content (AvgIpc) is 3.17. The number of carboxylic acids is 1. The second-order valence-corrected chi connectivity index (χ2v) is 9.19. The van der Waals surface area contributed by atoms with Crippen molar-refractivity contribution >= 4 is 18.0 Å². The number of benzene rings is 2. The van der Waals surface area contributed by atoms with Crippen molar-refractivity contribution in [3.05, 3.63) is 59.7 Å². The highest BCUT2D eigenvalue weighted by Crippen LogP contribution is 2.44. The standard InChI is InChI=1S/C28H36N2O5/c1-4-6-11-20(16-26(31)30(17-27(32)33)19(3)5-2)29-28(34)35-18-25-23-14-9-7-12-21(23)22-13-8-10-15-24(22)25/h7-10,12-15,19-20,25H,4-6,11,16-18H2,1-3H3,(H,29,34)(H,32,33). The summed E-state index contributed by atoms with van der Waals surface area (Å²) in [5.41, 5.74) is 4.59. The topological polar surface area (TPSA) is 95.9 Å². The molecule has 0 heterocycles. The number of amides is 2. The molecule has 188 valence electrons. The summed E-state index contributed by atoms with van der Waals surface area (Å²) in [6.45, 7) is 5.64. The molecule has 2 unspecified atom stereocenters. The van der Waals surface area contributed by atoms with Crippen LogP contribution in [0.2, 0.25) is 0 Å². The molecule has 2 N–H and O–H groups in total. The predicted octanol–water partition coefficient (Wildman–Crippen LogP) is 5.19. The van der Waals surface area contributed by atoms with Crippen molar-refractivity contribution in [2.75, 3.05) is 13.2 Å². The number of carboxylic acid groups (broad SMARTS) is 1. The number of nitrogens with zero attached hydrogens (tertiary/aromatic N) is 1. The Hall–Kier alpha value is -3.35. The van der Waals surface area contributed by atoms with Gasteiger partial charge in [-0.25, -0.2) is 4.79 Å². The molecule has 2 atom stereocenters. The van der Waals surface area contributed by atoms with Gasteiger partial charge in [0.25, 0.3) is 0 Å². The van der Waals surface area contributed by atoms with Crippen LogP contribution in [0.4, 0.5) is 4.79 Å². The van der Waals surface area contributed by atoms with E-state index in [1.165, 1.54) is 4.90 Å². The van der Waals surface area contributed by atoms with E-state index in [1.807, 2.05) is 45.0 Å². The fraction of sp³-hybridized carbons (Fsp3) is 0.464. The summed E-state index contributed by atoms with van der Waals surface area (Å²) in [6.07, 6.45) is 2.51. The number of ether oxygens (including phenoxy) is 1. The molecular weight excluding hydrogens is 444 g/mol. The fourth-order valence-electron chi connectivity index (χ4n) is 4.67. The van der Waals surface area contributed by atoms with Crippen LogP contribution in [0.15, 0.2) is 48.5 Å². The molecule has 1 aliphatic carbocycles. The number of carbonyl (C=O) groups is 3. The fourth-order valence-corrected chi connectivity index (χ4v) is 4.67. The van der Waals surface area contributed by atoms with Crippen molar-refractivity contribution < 1.29 is 24.2 Å². The molecule has 7 heteroatoms. The number of alkyl carbamates (subject to hydrolysis) is 1. The van der Waals surface area contributed by atoms with Gasteiger partial charge in [0.1, 0.15) is 13.2 Å². The first-order valence-corrected chi connectivity index (χ1v) is 12.5. The molecule has 3 rings (SSSR count). The van der Waals surface area contributed by atoms with Crippen LogP contribution in [0.25, 0.3) is 11.1 Å². The van der Waals surface area contributed by atoms with Crippen LogP contribution >= 0.6 is 0 Å². The van der Waals surface area contributed by atoms with E-state index in [0.29, 0.717) is 12.8 Å². The van der Waals surface area contributed by atoms with Gasteiger partial charge in [-0.3, -0.25) is 9.59 Å². The zero-order valence-corrected chi connectivity index (χ0v) is 20.8. The molecule has 0 spiro atoms. The highest BCUT2D eigenvalue weighted by Gasteiger charge is 2.30. The second-order valence-electron chi connectivity index (χ2n) is 9.19. The molecule has 1 aliphatic rings. The Morgan fingerprint density at radius 2 is 1.63 bits per heavy atom. The maximum atomic E-state index is 12.9. The van der Waals surface area contributed by atoms with Gasteiger partial charge in [0, 0.05) is 24.4 Å². The van der Waals surface area contributed by atoms with Crippen LogP contribution in [0.1, 0.15) is 69.9 Å². The zero-order valence-electron chi connectivity index (χ0n) is 20.8. The smallest absolute Gasteiger partial charge is 0.407 e. The van der Waals surface area contributed by atoms with Crippen LogP contribution < -0.4 is 5.32 Å². The molecule has 0 saturated heterocycles. The molecular formula is C28H36N2O5. The lowest BCUT2D eigenvalue weighted by Crippen LogP contribution is -2.46. The Balaban J connectivity index is 1.65. The number of hydrogen-bond acceptors (Lipinski definition) is 4. The van der Waals surface area contributed by atoms with Gasteiger partial charge in [-0.2, -0.15) is 0 Å². The van der Waals surface area contributed by atoms with Gasteiger partial charge in [-0.05, 0) is 42.0 Å². The Labute approximate surface area is 207 Å². The highest BCUT2D eigenvalue weighted by atomic mass is 16.5. The number of carbonyl (C=O) groups excluding carboxylic acids is 2. The molecule has 0 radical (unpaired) electrons. The van der Waals surface area contributed by atoms with E-state index in [2.05, 4.69) is 29.6 Å². The first-order chi connectivity index (χ1) is 16.8. The Morgan fingerprint density at radius 1 is 1.03 bits per heavy atom. The van der Waals surface area contributed by atoms with E-state index in [0.717, 1.165) is 35.1 Å². The lowest BCUT2D eigenvalue weighted by molar-refractivity contribution is -0.146. The SMILES string of the molecule is CCCCC(CC(=O)N(CC(=O)O)C(C)CC)NC(=O)OCC1c2ccccc2-c2ccccc21. The third-order valence-electron chi connectivity index (χ3n) is 6.74. The van der Waals surface area contributed by atoms with Crippen molar-refractivity contribution in [2.45, 2.75) is 70.9 Å². The number of rotatable bonds is 12. The first kappa shape index (κ1) is 26.3. The quantitative estimate of drug-likeness (QED) is 0.436. The van der Waals surface area contributed by atoms with Gasteiger partial charge in [-0.1, -0.05) is 75.2 Å². The molecule has 0 aromatic heterocycles. The molecule has 2 aromatic carbocycles. The molecule has 35 heavy (non-hydrogen) atoms. The van der Waals surface area contributed by atoms with Gasteiger partial charge in [-0.15, -0.1) is 0 Å². The Morgan fingerprint density at radius 3 is 2.17 bits per heavy atom. The Kier molecular flexibility index (Phi) is 9.29. The minimum absolute atomic E-state index is 0.0414. The summed E-state index contributed by atoms with van der Waals surface area (Å²) in [5, 5.41) is 12.1. The zero-order chi connectivity index (χ0) is 25.4. The van der Waals surface area contributed by atoms with Crippen LogP contribution in [-0.4, -0.2) is 53.2 Å². The van der Waals surface area contributed by atoms with Gasteiger partial charge >= 0.3 is 12.1 Å². The van der Waals surface area contributed by atoms with Crippen LogP contribution in [0.5, 0.6) is 0 Å². The molecule has 0 saturated carbocycles. The van der Waals surface area contributed by atoms with Crippen molar-refractivity contribution in [2.24, 2.45) is 0 Å². The third-order valence-corrected chi connectivity index (χ3v) is 6.74. The van der Waals surface area contributed by atoms with Gasteiger partial charge in [0.05, 0.1) is 0 Å². The van der Waals surface area contributed by atoms with Crippen LogP contribution in [0, 0.1) is 0 Å².